The lowest BCUT2D eigenvalue weighted by Crippen LogP contribution is -2.55. The molecule has 0 N–H and O–H groups in total. The molecule has 9 heteroatoms. The molecule has 0 unspecified atom stereocenters. The lowest BCUT2D eigenvalue weighted by atomic mass is 9.84. The van der Waals surface area contributed by atoms with E-state index >= 15 is 0 Å². The molecule has 26 heavy (non-hydrogen) atoms. The summed E-state index contributed by atoms with van der Waals surface area (Å²) in [7, 11) is 1.46. The molecule has 0 aromatic rings. The summed E-state index contributed by atoms with van der Waals surface area (Å²) < 4.78 is 47.2. The Labute approximate surface area is 151 Å². The second kappa shape index (κ2) is 9.03. The molecule has 2 aliphatic heterocycles. The minimum atomic E-state index is -4.24. The van der Waals surface area contributed by atoms with E-state index in [0.717, 1.165) is 0 Å². The summed E-state index contributed by atoms with van der Waals surface area (Å²) in [5.41, 5.74) is -0.366. The first-order valence-electron chi connectivity index (χ1n) is 8.99. The maximum Gasteiger partial charge on any atom is 0.389 e. The van der Waals surface area contributed by atoms with Gasteiger partial charge in [-0.15, -0.1) is 0 Å². The molecule has 150 valence electrons. The van der Waals surface area contributed by atoms with Crippen molar-refractivity contribution in [3.63, 3.8) is 0 Å². The fraction of sp³-hybridized carbons (Fsp3) is 0.882. The van der Waals surface area contributed by atoms with E-state index in [-0.39, 0.29) is 36.8 Å². The number of carbonyl (C=O) groups excluding carboxylic acids is 2. The maximum atomic E-state index is 12.5. The van der Waals surface area contributed by atoms with E-state index in [1.165, 1.54) is 7.11 Å². The number of ether oxygens (including phenoxy) is 2. The van der Waals surface area contributed by atoms with E-state index in [2.05, 4.69) is 0 Å². The lowest BCUT2D eigenvalue weighted by molar-refractivity contribution is -0.146. The number of amides is 2. The molecule has 2 fully saturated rings. The predicted octanol–water partition coefficient (Wildman–Crippen LogP) is 1.98. The number of hydrogen-bond acceptors (Lipinski definition) is 4. The summed E-state index contributed by atoms with van der Waals surface area (Å²) in [6.45, 7) is 2.23. The van der Waals surface area contributed by atoms with Crippen LogP contribution in [0.1, 0.15) is 38.5 Å². The quantitative estimate of drug-likeness (QED) is 0.732. The number of alkyl halides is 3. The molecule has 2 aliphatic rings. The third kappa shape index (κ3) is 5.57. The third-order valence-electron chi connectivity index (χ3n) is 5.21. The molecule has 2 heterocycles. The minimum absolute atomic E-state index is 0.0257. The Kier molecular flexibility index (Phi) is 7.28. The van der Waals surface area contributed by atoms with Gasteiger partial charge in [-0.2, -0.15) is 13.2 Å². The van der Waals surface area contributed by atoms with Gasteiger partial charge in [-0.25, -0.2) is 0 Å². The monoisotopic (exact) mass is 380 g/mol. The van der Waals surface area contributed by atoms with Gasteiger partial charge in [0.05, 0.1) is 0 Å². The molecule has 1 spiro atoms. The number of rotatable bonds is 5. The van der Waals surface area contributed by atoms with E-state index in [1.54, 1.807) is 9.80 Å². The van der Waals surface area contributed by atoms with Gasteiger partial charge in [0, 0.05) is 58.3 Å². The van der Waals surface area contributed by atoms with Crippen molar-refractivity contribution in [3.8, 4) is 0 Å². The Morgan fingerprint density at radius 2 is 1.77 bits per heavy atom. The van der Waals surface area contributed by atoms with Crippen LogP contribution in [0.3, 0.4) is 0 Å². The smallest absolute Gasteiger partial charge is 0.381 e. The second-order valence-electron chi connectivity index (χ2n) is 6.91. The second-order valence-corrected chi connectivity index (χ2v) is 6.91. The molecule has 0 radical (unpaired) electrons. The first kappa shape index (κ1) is 21.0. The van der Waals surface area contributed by atoms with E-state index in [4.69, 9.17) is 9.47 Å². The van der Waals surface area contributed by atoms with Crippen LogP contribution in [0, 0.1) is 0 Å². The molecule has 2 saturated heterocycles. The zero-order valence-electron chi connectivity index (χ0n) is 15.1. The summed E-state index contributed by atoms with van der Waals surface area (Å²) in [6, 6.07) is 0. The van der Waals surface area contributed by atoms with E-state index in [9.17, 15) is 22.8 Å². The van der Waals surface area contributed by atoms with Crippen LogP contribution < -0.4 is 0 Å². The Morgan fingerprint density at radius 1 is 1.08 bits per heavy atom. The number of nitrogens with zero attached hydrogens (tertiary/aromatic N) is 2. The van der Waals surface area contributed by atoms with Gasteiger partial charge >= 0.3 is 6.18 Å². The van der Waals surface area contributed by atoms with Crippen LogP contribution in [-0.4, -0.2) is 79.9 Å². The Morgan fingerprint density at radius 3 is 2.38 bits per heavy atom. The van der Waals surface area contributed by atoms with Gasteiger partial charge in [-0.05, 0) is 25.7 Å². The van der Waals surface area contributed by atoms with Crippen LogP contribution in [0.4, 0.5) is 13.2 Å². The number of halogens is 3. The molecule has 0 saturated carbocycles. The van der Waals surface area contributed by atoms with Crippen LogP contribution in [-0.2, 0) is 19.1 Å². The molecule has 0 aromatic carbocycles. The SMILES string of the molecule is COCC(=O)N1CCN(C(=O)CCCC(F)(F)F)CCC12CCOCC2. The van der Waals surface area contributed by atoms with Crippen LogP contribution in [0.5, 0.6) is 0 Å². The average molecular weight is 380 g/mol. The average Bonchev–Trinajstić information content (AvgIpc) is 2.75. The largest absolute Gasteiger partial charge is 0.389 e. The zero-order chi connectivity index (χ0) is 19.2. The van der Waals surface area contributed by atoms with Gasteiger partial charge in [-0.1, -0.05) is 0 Å². The number of carbonyl (C=O) groups is 2. The maximum absolute atomic E-state index is 12.5. The molecule has 6 nitrogen and oxygen atoms in total. The van der Waals surface area contributed by atoms with Crippen molar-refractivity contribution < 1.29 is 32.2 Å². The molecule has 2 rings (SSSR count). The number of hydrogen-bond donors (Lipinski definition) is 0. The van der Waals surface area contributed by atoms with Crippen LogP contribution >= 0.6 is 0 Å². The van der Waals surface area contributed by atoms with Crippen molar-refractivity contribution in [3.05, 3.63) is 0 Å². The fourth-order valence-electron chi connectivity index (χ4n) is 3.76. The van der Waals surface area contributed by atoms with E-state index < -0.39 is 12.6 Å². The Bertz CT molecular complexity index is 493. The lowest BCUT2D eigenvalue weighted by Gasteiger charge is -2.45. The minimum Gasteiger partial charge on any atom is -0.381 e. The highest BCUT2D eigenvalue weighted by molar-refractivity contribution is 5.79. The molecule has 0 bridgehead atoms. The van der Waals surface area contributed by atoms with Gasteiger partial charge in [0.25, 0.3) is 0 Å². The number of methoxy groups -OCH3 is 1. The summed E-state index contributed by atoms with van der Waals surface area (Å²) in [5.74, 6) is -0.404. The summed E-state index contributed by atoms with van der Waals surface area (Å²) in [4.78, 5) is 28.2. The van der Waals surface area contributed by atoms with Gasteiger partial charge in [0.2, 0.25) is 11.8 Å². The Hall–Kier alpha value is -1.35. The normalized spacial score (nSPS) is 20.9. The predicted molar refractivity (Wildman–Crippen MR) is 87.5 cm³/mol. The highest BCUT2D eigenvalue weighted by Crippen LogP contribution is 2.34. The van der Waals surface area contributed by atoms with Crippen LogP contribution in [0.2, 0.25) is 0 Å². The first-order chi connectivity index (χ1) is 12.3. The molecule has 0 atom stereocenters. The van der Waals surface area contributed by atoms with Crippen molar-refractivity contribution in [1.29, 1.82) is 0 Å². The van der Waals surface area contributed by atoms with Crippen molar-refractivity contribution in [2.75, 3.05) is 46.6 Å². The van der Waals surface area contributed by atoms with Gasteiger partial charge < -0.3 is 19.3 Å². The van der Waals surface area contributed by atoms with E-state index in [0.29, 0.717) is 52.1 Å². The first-order valence-corrected chi connectivity index (χ1v) is 8.99. The highest BCUT2D eigenvalue weighted by Gasteiger charge is 2.43. The fourth-order valence-corrected chi connectivity index (χ4v) is 3.76. The van der Waals surface area contributed by atoms with Gasteiger partial charge in [0.15, 0.2) is 0 Å². The van der Waals surface area contributed by atoms with Crippen molar-refractivity contribution in [1.82, 2.24) is 9.80 Å². The molecule has 2 amide bonds. The van der Waals surface area contributed by atoms with Crippen LogP contribution in [0.15, 0.2) is 0 Å². The molecule has 0 aromatic heterocycles. The van der Waals surface area contributed by atoms with Gasteiger partial charge in [0.1, 0.15) is 6.61 Å². The molecular formula is C17H27F3N2O4. The van der Waals surface area contributed by atoms with Crippen LogP contribution in [0.25, 0.3) is 0 Å². The Balaban J connectivity index is 2.01. The molecule has 0 aliphatic carbocycles. The van der Waals surface area contributed by atoms with E-state index in [1.807, 2.05) is 0 Å². The van der Waals surface area contributed by atoms with Crippen molar-refractivity contribution in [2.24, 2.45) is 0 Å². The summed E-state index contributed by atoms with van der Waals surface area (Å²) >= 11 is 0. The van der Waals surface area contributed by atoms with Crippen molar-refractivity contribution in [2.45, 2.75) is 50.2 Å². The topological polar surface area (TPSA) is 59.1 Å². The zero-order valence-corrected chi connectivity index (χ0v) is 15.1. The van der Waals surface area contributed by atoms with Crippen molar-refractivity contribution >= 4 is 11.8 Å². The standard InChI is InChI=1S/C17H27F3N2O4/c1-25-13-15(24)22-10-9-21(14(23)3-2-4-17(18,19)20)8-5-16(22)6-11-26-12-7-16/h2-13H2,1H3. The molecular weight excluding hydrogens is 353 g/mol. The van der Waals surface area contributed by atoms with Gasteiger partial charge in [-0.3, -0.25) is 9.59 Å². The third-order valence-corrected chi connectivity index (χ3v) is 5.21. The highest BCUT2D eigenvalue weighted by atomic mass is 19.4. The summed E-state index contributed by atoms with van der Waals surface area (Å²) in [5, 5.41) is 0. The summed E-state index contributed by atoms with van der Waals surface area (Å²) in [6.07, 6.45) is -3.53.